The lowest BCUT2D eigenvalue weighted by molar-refractivity contribution is -0.387. The number of rotatable bonds is 16. The number of esters is 1. The van der Waals surface area contributed by atoms with Gasteiger partial charge < -0.3 is 19.8 Å². The van der Waals surface area contributed by atoms with E-state index >= 15 is 0 Å². The van der Waals surface area contributed by atoms with Crippen molar-refractivity contribution in [2.75, 3.05) is 51.8 Å². The number of sulfonamides is 1. The van der Waals surface area contributed by atoms with Gasteiger partial charge in [-0.15, -0.1) is 0 Å². The minimum Gasteiger partial charge on any atom is -0.465 e. The molecule has 2 aromatic heterocycles. The molecule has 14 nitrogen and oxygen atoms in total. The average Bonchev–Trinajstić information content (AvgIpc) is 3.48. The highest BCUT2D eigenvalue weighted by Crippen LogP contribution is 2.36. The van der Waals surface area contributed by atoms with Gasteiger partial charge in [-0.25, -0.2) is 22.7 Å². The largest absolute Gasteiger partial charge is 0.465 e. The van der Waals surface area contributed by atoms with Crippen LogP contribution in [0.4, 0.5) is 11.5 Å². The van der Waals surface area contributed by atoms with Crippen molar-refractivity contribution < 1.29 is 27.3 Å². The van der Waals surface area contributed by atoms with Gasteiger partial charge in [0, 0.05) is 57.2 Å². The fourth-order valence-electron chi connectivity index (χ4n) is 4.65. The number of nitrogens with one attached hydrogen (secondary N) is 2. The van der Waals surface area contributed by atoms with E-state index in [0.29, 0.717) is 42.3 Å². The molecule has 2 aromatic carbocycles. The third kappa shape index (κ3) is 8.62. The highest BCUT2D eigenvalue weighted by molar-refractivity contribution is 7.89. The lowest BCUT2D eigenvalue weighted by Gasteiger charge is -2.36. The Morgan fingerprint density at radius 1 is 1.06 bits per heavy atom. The van der Waals surface area contributed by atoms with Crippen LogP contribution >= 0.6 is 0 Å². The Balaban J connectivity index is 1.48. The van der Waals surface area contributed by atoms with Crippen molar-refractivity contribution in [3.8, 4) is 11.1 Å². The minimum absolute atomic E-state index is 0.0106. The van der Waals surface area contributed by atoms with Crippen LogP contribution in [0.2, 0.25) is 18.1 Å². The van der Waals surface area contributed by atoms with Crippen molar-refractivity contribution in [1.82, 2.24) is 24.2 Å². The van der Waals surface area contributed by atoms with Crippen LogP contribution in [-0.4, -0.2) is 93.0 Å². The zero-order valence-electron chi connectivity index (χ0n) is 28.1. The third-order valence-corrected chi connectivity index (χ3v) is 14.9. The monoisotopic (exact) mass is 697 g/mol. The number of hydrogen-bond acceptors (Lipinski definition) is 11. The van der Waals surface area contributed by atoms with Crippen LogP contribution in [0.1, 0.15) is 31.1 Å². The number of methoxy groups -OCH3 is 1. The van der Waals surface area contributed by atoms with E-state index in [0.717, 1.165) is 5.56 Å². The summed E-state index contributed by atoms with van der Waals surface area (Å²) in [6.45, 7) is 12.4. The Labute approximate surface area is 281 Å². The molecule has 0 fully saturated rings. The van der Waals surface area contributed by atoms with Gasteiger partial charge in [0.25, 0.3) is 5.69 Å². The molecule has 258 valence electrons. The second-order valence-corrected chi connectivity index (χ2v) is 19.3. The number of nitro groups is 1. The molecule has 0 aliphatic heterocycles. The SMILES string of the molecule is COC(=O)c1cccc(-c2cnn3ccc(NCCN(CCNCCO[Si](C)(C)C(C)(C)C)S(=O)(=O)c4ccccc4[N+](=O)[O-])nc23)c1. The lowest BCUT2D eigenvalue weighted by Crippen LogP contribution is -2.43. The van der Waals surface area contributed by atoms with E-state index in [2.05, 4.69) is 54.6 Å². The number of aromatic nitrogens is 3. The smallest absolute Gasteiger partial charge is 0.337 e. The number of para-hydroxylation sites is 1. The minimum atomic E-state index is -4.23. The van der Waals surface area contributed by atoms with Gasteiger partial charge in [0.15, 0.2) is 18.9 Å². The molecule has 2 heterocycles. The first kappa shape index (κ1) is 36.6. The van der Waals surface area contributed by atoms with Crippen molar-refractivity contribution in [2.45, 2.75) is 43.8 Å². The Morgan fingerprint density at radius 3 is 2.50 bits per heavy atom. The fourth-order valence-corrected chi connectivity index (χ4v) is 7.30. The quantitative estimate of drug-likeness (QED) is 0.0542. The van der Waals surface area contributed by atoms with Crippen LogP contribution in [0.15, 0.2) is 71.9 Å². The van der Waals surface area contributed by atoms with E-state index in [1.54, 1.807) is 41.2 Å². The summed E-state index contributed by atoms with van der Waals surface area (Å²) < 4.78 is 41.4. The first-order chi connectivity index (χ1) is 22.7. The molecular formula is C32H43N7O7SSi. The Kier molecular flexibility index (Phi) is 11.7. The van der Waals surface area contributed by atoms with Crippen molar-refractivity contribution >= 4 is 41.5 Å². The number of ether oxygens (including phenoxy) is 1. The van der Waals surface area contributed by atoms with Gasteiger partial charge in [0.1, 0.15) is 5.82 Å². The number of fused-ring (bicyclic) bond motifs is 1. The predicted molar refractivity (Wildman–Crippen MR) is 186 cm³/mol. The molecular weight excluding hydrogens is 655 g/mol. The topological polar surface area (TPSA) is 170 Å². The summed E-state index contributed by atoms with van der Waals surface area (Å²) >= 11 is 0. The van der Waals surface area contributed by atoms with Gasteiger partial charge in [-0.1, -0.05) is 45.0 Å². The Hall–Kier alpha value is -4.22. The lowest BCUT2D eigenvalue weighted by atomic mass is 10.1. The van der Waals surface area contributed by atoms with Gasteiger partial charge in [0.2, 0.25) is 10.0 Å². The summed E-state index contributed by atoms with van der Waals surface area (Å²) in [4.78, 5) is 27.4. The van der Waals surface area contributed by atoms with Crippen LogP contribution in [0, 0.1) is 10.1 Å². The normalized spacial score (nSPS) is 12.4. The van der Waals surface area contributed by atoms with E-state index in [1.165, 1.54) is 35.7 Å². The van der Waals surface area contributed by atoms with Gasteiger partial charge in [0.05, 0.1) is 23.8 Å². The molecule has 2 N–H and O–H groups in total. The average molecular weight is 698 g/mol. The molecule has 0 aliphatic carbocycles. The number of carbonyl (C=O) groups excluding carboxylic acids is 1. The van der Waals surface area contributed by atoms with Gasteiger partial charge in [-0.3, -0.25) is 10.1 Å². The van der Waals surface area contributed by atoms with Crippen LogP contribution in [0.25, 0.3) is 16.8 Å². The molecule has 0 spiro atoms. The highest BCUT2D eigenvalue weighted by Gasteiger charge is 2.37. The van der Waals surface area contributed by atoms with Crippen LogP contribution in [0.3, 0.4) is 0 Å². The molecule has 0 amide bonds. The zero-order valence-corrected chi connectivity index (χ0v) is 29.9. The molecule has 4 aromatic rings. The number of carbonyl (C=O) groups is 1. The molecule has 0 saturated heterocycles. The second-order valence-electron chi connectivity index (χ2n) is 12.6. The fraction of sp³-hybridized carbons (Fsp3) is 0.406. The number of nitrogens with zero attached hydrogens (tertiary/aromatic N) is 5. The van der Waals surface area contributed by atoms with Crippen LogP contribution < -0.4 is 10.6 Å². The first-order valence-electron chi connectivity index (χ1n) is 15.5. The number of anilines is 1. The van der Waals surface area contributed by atoms with Crippen molar-refractivity contribution in [1.29, 1.82) is 0 Å². The number of hydrogen-bond donors (Lipinski definition) is 2. The van der Waals surface area contributed by atoms with E-state index in [-0.39, 0.29) is 29.6 Å². The molecule has 0 radical (unpaired) electrons. The van der Waals surface area contributed by atoms with Gasteiger partial charge in [-0.2, -0.15) is 9.40 Å². The summed E-state index contributed by atoms with van der Waals surface area (Å²) in [7, 11) is -4.84. The van der Waals surface area contributed by atoms with E-state index in [1.807, 2.05) is 6.07 Å². The summed E-state index contributed by atoms with van der Waals surface area (Å²) in [5.41, 5.74) is 1.84. The maximum Gasteiger partial charge on any atom is 0.337 e. The van der Waals surface area contributed by atoms with E-state index in [9.17, 15) is 23.3 Å². The van der Waals surface area contributed by atoms with Crippen molar-refractivity contribution in [3.63, 3.8) is 0 Å². The van der Waals surface area contributed by atoms with Crippen LogP contribution in [0.5, 0.6) is 0 Å². The molecule has 0 atom stereocenters. The maximum atomic E-state index is 13.8. The summed E-state index contributed by atoms with van der Waals surface area (Å²) in [5.74, 6) is 0.0102. The van der Waals surface area contributed by atoms with E-state index < -0.39 is 34.9 Å². The predicted octanol–water partition coefficient (Wildman–Crippen LogP) is 4.81. The third-order valence-electron chi connectivity index (χ3n) is 8.40. The number of nitro benzene ring substituents is 1. The van der Waals surface area contributed by atoms with Gasteiger partial charge in [-0.05, 0) is 48.0 Å². The summed E-state index contributed by atoms with van der Waals surface area (Å²) in [5, 5.41) is 22.6. The molecule has 0 aliphatic rings. The van der Waals surface area contributed by atoms with E-state index in [4.69, 9.17) is 9.16 Å². The number of benzene rings is 2. The maximum absolute atomic E-state index is 13.8. The molecule has 48 heavy (non-hydrogen) atoms. The van der Waals surface area contributed by atoms with Crippen molar-refractivity contribution in [2.24, 2.45) is 0 Å². The van der Waals surface area contributed by atoms with Gasteiger partial charge >= 0.3 is 5.97 Å². The molecule has 0 bridgehead atoms. The highest BCUT2D eigenvalue weighted by atomic mass is 32.2. The molecule has 16 heteroatoms. The Morgan fingerprint density at radius 2 is 1.79 bits per heavy atom. The van der Waals surface area contributed by atoms with Crippen molar-refractivity contribution in [3.05, 3.63) is 82.7 Å². The molecule has 0 saturated carbocycles. The van der Waals surface area contributed by atoms with Crippen LogP contribution in [-0.2, 0) is 19.2 Å². The molecule has 4 rings (SSSR count). The summed E-state index contributed by atoms with van der Waals surface area (Å²) in [6, 6.07) is 14.0. The Bertz CT molecular complexity index is 1860. The standard InChI is InChI=1S/C32H43N7O7SSi/c1-32(2,3)48(5,6)46-21-17-33-15-19-37(47(43,44)28-13-8-7-12-27(28)39(41)42)20-16-34-29-14-18-38-30(36-29)26(23-35-38)24-10-9-11-25(22-24)31(40)45-4/h7-14,18,22-23,33H,15-17,19-21H2,1-6H3,(H,34,36). The first-order valence-corrected chi connectivity index (χ1v) is 19.9. The summed E-state index contributed by atoms with van der Waals surface area (Å²) in [6.07, 6.45) is 3.36. The zero-order chi connectivity index (χ0) is 35.1. The second kappa shape index (κ2) is 15.3. The molecule has 0 unspecified atom stereocenters.